The molecule has 2 N–H and O–H groups in total. The van der Waals surface area contributed by atoms with Crippen LogP contribution in [-0.2, 0) is 4.79 Å². The van der Waals surface area contributed by atoms with Crippen molar-refractivity contribution in [1.82, 2.24) is 5.32 Å². The molecule has 3 unspecified atom stereocenters. The summed E-state index contributed by atoms with van der Waals surface area (Å²) in [6.45, 7) is 4.08. The lowest BCUT2D eigenvalue weighted by Crippen LogP contribution is -2.47. The van der Waals surface area contributed by atoms with E-state index < -0.39 is 6.10 Å². The fourth-order valence-electron chi connectivity index (χ4n) is 3.06. The number of halogens is 1. The lowest BCUT2D eigenvalue weighted by Gasteiger charge is -2.31. The van der Waals surface area contributed by atoms with Crippen LogP contribution in [0.5, 0.6) is 0 Å². The van der Waals surface area contributed by atoms with Gasteiger partial charge in [0, 0.05) is 5.02 Å². The van der Waals surface area contributed by atoms with Gasteiger partial charge in [0.05, 0.1) is 18.1 Å². The Kier molecular flexibility index (Phi) is 5.65. The van der Waals surface area contributed by atoms with Crippen molar-refractivity contribution in [2.24, 2.45) is 5.92 Å². The van der Waals surface area contributed by atoms with E-state index in [1.807, 2.05) is 38.1 Å². The van der Waals surface area contributed by atoms with Gasteiger partial charge >= 0.3 is 0 Å². The fourth-order valence-corrected chi connectivity index (χ4v) is 3.19. The highest BCUT2D eigenvalue weighted by atomic mass is 35.5. The smallest absolute Gasteiger partial charge is 0.228 e. The van der Waals surface area contributed by atoms with Gasteiger partial charge in [-0.1, -0.05) is 50.4 Å². The zero-order valence-corrected chi connectivity index (χ0v) is 13.4. The van der Waals surface area contributed by atoms with Crippen LogP contribution in [0.4, 0.5) is 0 Å². The van der Waals surface area contributed by atoms with Gasteiger partial charge in [0.2, 0.25) is 5.91 Å². The minimum atomic E-state index is -0.416. The first-order valence-corrected chi connectivity index (χ1v) is 8.10. The SMILES string of the molecule is CC(C)C(C(=O)NC1CCCCC1O)c1ccc(Cl)cc1. The van der Waals surface area contributed by atoms with Gasteiger partial charge in [0.1, 0.15) is 0 Å². The highest BCUT2D eigenvalue weighted by Crippen LogP contribution is 2.27. The number of hydrogen-bond donors (Lipinski definition) is 2. The van der Waals surface area contributed by atoms with Gasteiger partial charge in [0.25, 0.3) is 0 Å². The number of benzene rings is 1. The Balaban J connectivity index is 2.10. The van der Waals surface area contributed by atoms with E-state index in [1.165, 1.54) is 0 Å². The maximum absolute atomic E-state index is 12.6. The standard InChI is InChI=1S/C17H24ClNO2/c1-11(2)16(12-7-9-13(18)10-8-12)17(21)19-14-5-3-4-6-15(14)20/h7-11,14-16,20H,3-6H2,1-2H3,(H,19,21). The quantitative estimate of drug-likeness (QED) is 0.894. The number of rotatable bonds is 4. The van der Waals surface area contributed by atoms with Crippen molar-refractivity contribution in [3.8, 4) is 0 Å². The fraction of sp³-hybridized carbons (Fsp3) is 0.588. The van der Waals surface area contributed by atoms with Crippen molar-refractivity contribution in [3.63, 3.8) is 0 Å². The average Bonchev–Trinajstić information content (AvgIpc) is 2.43. The van der Waals surface area contributed by atoms with Crippen molar-refractivity contribution in [2.75, 3.05) is 0 Å². The van der Waals surface area contributed by atoms with E-state index in [4.69, 9.17) is 11.6 Å². The molecule has 1 amide bonds. The first kappa shape index (κ1) is 16.3. The van der Waals surface area contributed by atoms with E-state index in [0.717, 1.165) is 31.2 Å². The van der Waals surface area contributed by atoms with Gasteiger partial charge in [-0.05, 0) is 36.5 Å². The number of aliphatic hydroxyl groups is 1. The molecule has 0 spiro atoms. The maximum Gasteiger partial charge on any atom is 0.228 e. The topological polar surface area (TPSA) is 49.3 Å². The van der Waals surface area contributed by atoms with Gasteiger partial charge in [-0.25, -0.2) is 0 Å². The van der Waals surface area contributed by atoms with E-state index in [-0.39, 0.29) is 23.8 Å². The number of hydrogen-bond acceptors (Lipinski definition) is 2. The van der Waals surface area contributed by atoms with E-state index >= 15 is 0 Å². The lowest BCUT2D eigenvalue weighted by molar-refractivity contribution is -0.125. The second kappa shape index (κ2) is 7.28. The molecular weight excluding hydrogens is 286 g/mol. The van der Waals surface area contributed by atoms with Gasteiger partial charge in [-0.15, -0.1) is 0 Å². The van der Waals surface area contributed by atoms with E-state index in [1.54, 1.807) is 0 Å². The summed E-state index contributed by atoms with van der Waals surface area (Å²) < 4.78 is 0. The molecule has 0 heterocycles. The van der Waals surface area contributed by atoms with Gasteiger partial charge < -0.3 is 10.4 Å². The van der Waals surface area contributed by atoms with Gasteiger partial charge in [-0.2, -0.15) is 0 Å². The number of amides is 1. The summed E-state index contributed by atoms with van der Waals surface area (Å²) in [4.78, 5) is 12.6. The summed E-state index contributed by atoms with van der Waals surface area (Å²) in [6, 6.07) is 7.33. The Bertz CT molecular complexity index is 472. The molecule has 0 radical (unpaired) electrons. The van der Waals surface area contributed by atoms with Crippen molar-refractivity contribution in [3.05, 3.63) is 34.9 Å². The zero-order valence-electron chi connectivity index (χ0n) is 12.7. The summed E-state index contributed by atoms with van der Waals surface area (Å²) in [5.41, 5.74) is 0.970. The van der Waals surface area contributed by atoms with Crippen LogP contribution in [0, 0.1) is 5.92 Å². The Morgan fingerprint density at radius 2 is 1.86 bits per heavy atom. The maximum atomic E-state index is 12.6. The number of carbonyl (C=O) groups is 1. The number of aliphatic hydroxyl groups excluding tert-OH is 1. The first-order chi connectivity index (χ1) is 9.99. The highest BCUT2D eigenvalue weighted by molar-refractivity contribution is 6.30. The van der Waals surface area contributed by atoms with E-state index in [0.29, 0.717) is 5.02 Å². The average molecular weight is 310 g/mol. The highest BCUT2D eigenvalue weighted by Gasteiger charge is 2.29. The summed E-state index contributed by atoms with van der Waals surface area (Å²) in [5.74, 6) is -0.0263. The minimum absolute atomic E-state index is 0.00160. The predicted molar refractivity (Wildman–Crippen MR) is 85.4 cm³/mol. The molecule has 0 bridgehead atoms. The normalized spacial score (nSPS) is 23.9. The van der Waals surface area contributed by atoms with Crippen molar-refractivity contribution in [1.29, 1.82) is 0 Å². The van der Waals surface area contributed by atoms with Crippen LogP contribution in [0.3, 0.4) is 0 Å². The molecule has 0 saturated heterocycles. The third kappa shape index (κ3) is 4.21. The van der Waals surface area contributed by atoms with Gasteiger partial charge in [-0.3, -0.25) is 4.79 Å². The molecule has 1 aliphatic carbocycles. The second-order valence-corrected chi connectivity index (χ2v) is 6.68. The minimum Gasteiger partial charge on any atom is -0.391 e. The Hall–Kier alpha value is -1.06. The Morgan fingerprint density at radius 3 is 2.43 bits per heavy atom. The Labute approximate surface area is 131 Å². The molecule has 1 saturated carbocycles. The largest absolute Gasteiger partial charge is 0.391 e. The lowest BCUT2D eigenvalue weighted by atomic mass is 9.86. The summed E-state index contributed by atoms with van der Waals surface area (Å²) in [6.07, 6.45) is 3.32. The summed E-state index contributed by atoms with van der Waals surface area (Å²) in [7, 11) is 0. The molecule has 1 aliphatic rings. The van der Waals surface area contributed by atoms with Crippen molar-refractivity contribution in [2.45, 2.75) is 57.6 Å². The molecule has 116 valence electrons. The molecule has 4 heteroatoms. The number of carbonyl (C=O) groups excluding carboxylic acids is 1. The van der Waals surface area contributed by atoms with Crippen LogP contribution in [0.2, 0.25) is 5.02 Å². The molecule has 2 rings (SSSR count). The predicted octanol–water partition coefficient (Wildman–Crippen LogP) is 3.50. The molecule has 3 atom stereocenters. The second-order valence-electron chi connectivity index (χ2n) is 6.24. The van der Waals surface area contributed by atoms with E-state index in [9.17, 15) is 9.90 Å². The first-order valence-electron chi connectivity index (χ1n) is 7.73. The molecule has 1 aromatic rings. The van der Waals surface area contributed by atoms with Crippen LogP contribution in [-0.4, -0.2) is 23.2 Å². The third-order valence-corrected chi connectivity index (χ3v) is 4.49. The monoisotopic (exact) mass is 309 g/mol. The van der Waals surface area contributed by atoms with Crippen LogP contribution < -0.4 is 5.32 Å². The van der Waals surface area contributed by atoms with Crippen molar-refractivity contribution >= 4 is 17.5 Å². The van der Waals surface area contributed by atoms with Crippen LogP contribution >= 0.6 is 11.6 Å². The van der Waals surface area contributed by atoms with E-state index in [2.05, 4.69) is 5.32 Å². The zero-order chi connectivity index (χ0) is 15.4. The van der Waals surface area contributed by atoms with Crippen LogP contribution in [0.25, 0.3) is 0 Å². The third-order valence-electron chi connectivity index (χ3n) is 4.24. The Morgan fingerprint density at radius 1 is 1.24 bits per heavy atom. The van der Waals surface area contributed by atoms with Crippen molar-refractivity contribution < 1.29 is 9.90 Å². The molecular formula is C17H24ClNO2. The van der Waals surface area contributed by atoms with Gasteiger partial charge in [0.15, 0.2) is 0 Å². The van der Waals surface area contributed by atoms with Crippen LogP contribution in [0.15, 0.2) is 24.3 Å². The summed E-state index contributed by atoms with van der Waals surface area (Å²) >= 11 is 5.92. The molecule has 1 fully saturated rings. The molecule has 0 aliphatic heterocycles. The molecule has 1 aromatic carbocycles. The summed E-state index contributed by atoms with van der Waals surface area (Å²) in [5, 5.41) is 13.7. The molecule has 0 aromatic heterocycles. The molecule has 21 heavy (non-hydrogen) atoms. The molecule has 3 nitrogen and oxygen atoms in total. The van der Waals surface area contributed by atoms with Crippen LogP contribution in [0.1, 0.15) is 51.0 Å². The number of nitrogens with one attached hydrogen (secondary N) is 1.